The summed E-state index contributed by atoms with van der Waals surface area (Å²) in [5.41, 5.74) is 4.03. The third-order valence-electron chi connectivity index (χ3n) is 3.71. The highest BCUT2D eigenvalue weighted by Crippen LogP contribution is 2.26. The first kappa shape index (κ1) is 20.0. The lowest BCUT2D eigenvalue weighted by Gasteiger charge is -2.20. The highest BCUT2D eigenvalue weighted by molar-refractivity contribution is 5.74. The van der Waals surface area contributed by atoms with Gasteiger partial charge in [0.2, 0.25) is 0 Å². The number of carboxylic acid groups (broad SMARTS) is 1. The van der Waals surface area contributed by atoms with Gasteiger partial charge in [0.15, 0.2) is 0 Å². The Morgan fingerprint density at radius 3 is 2.33 bits per heavy atom. The van der Waals surface area contributed by atoms with E-state index in [2.05, 4.69) is 10.6 Å². The highest BCUT2D eigenvalue weighted by Gasteiger charge is 2.17. The van der Waals surface area contributed by atoms with E-state index in [0.717, 1.165) is 27.9 Å². The van der Waals surface area contributed by atoms with E-state index in [1.165, 1.54) is 0 Å². The number of aliphatic carboxylic acids is 1. The van der Waals surface area contributed by atoms with E-state index in [-0.39, 0.29) is 18.9 Å². The standard InChI is InChI=1S/C18H28N2O4/c1-11-13(9-20-10-17(23)24-18(3,4)5)7-15(19-6)12(2)14(11)8-16(21)22/h7,19-20H,8-10H2,1-6H3,(H,21,22). The van der Waals surface area contributed by atoms with Crippen LogP contribution < -0.4 is 10.6 Å². The molecule has 0 fully saturated rings. The molecule has 0 aliphatic carbocycles. The van der Waals surface area contributed by atoms with Gasteiger partial charge in [-0.3, -0.25) is 9.59 Å². The summed E-state index contributed by atoms with van der Waals surface area (Å²) in [5.74, 6) is -1.17. The highest BCUT2D eigenvalue weighted by atomic mass is 16.6. The molecule has 0 aliphatic rings. The van der Waals surface area contributed by atoms with Crippen LogP contribution in [0.5, 0.6) is 0 Å². The van der Waals surface area contributed by atoms with Gasteiger partial charge in [-0.15, -0.1) is 0 Å². The van der Waals surface area contributed by atoms with Crippen molar-refractivity contribution < 1.29 is 19.4 Å². The number of rotatable bonds is 7. The maximum Gasteiger partial charge on any atom is 0.320 e. The normalized spacial score (nSPS) is 11.2. The van der Waals surface area contributed by atoms with Gasteiger partial charge in [0.1, 0.15) is 5.60 Å². The molecule has 0 saturated heterocycles. The number of anilines is 1. The number of nitrogens with one attached hydrogen (secondary N) is 2. The molecule has 0 radical (unpaired) electrons. The Morgan fingerprint density at radius 2 is 1.83 bits per heavy atom. The van der Waals surface area contributed by atoms with Crippen molar-refractivity contribution in [3.8, 4) is 0 Å². The molecule has 134 valence electrons. The van der Waals surface area contributed by atoms with Gasteiger partial charge in [-0.25, -0.2) is 0 Å². The molecule has 0 spiro atoms. The molecule has 0 aliphatic heterocycles. The summed E-state index contributed by atoms with van der Waals surface area (Å²) in [6.45, 7) is 9.87. The van der Waals surface area contributed by atoms with E-state index >= 15 is 0 Å². The SMILES string of the molecule is CNc1cc(CNCC(=O)OC(C)(C)C)c(C)c(CC(=O)O)c1C. The summed E-state index contributed by atoms with van der Waals surface area (Å²) >= 11 is 0. The number of esters is 1. The summed E-state index contributed by atoms with van der Waals surface area (Å²) in [6.07, 6.45) is -0.0216. The first-order chi connectivity index (χ1) is 11.0. The molecule has 0 unspecified atom stereocenters. The predicted molar refractivity (Wildman–Crippen MR) is 94.4 cm³/mol. The van der Waals surface area contributed by atoms with E-state index in [1.54, 1.807) is 7.05 Å². The smallest absolute Gasteiger partial charge is 0.320 e. The lowest BCUT2D eigenvalue weighted by atomic mass is 9.93. The van der Waals surface area contributed by atoms with E-state index in [1.807, 2.05) is 40.7 Å². The molecule has 3 N–H and O–H groups in total. The fourth-order valence-corrected chi connectivity index (χ4v) is 2.56. The summed E-state index contributed by atoms with van der Waals surface area (Å²) in [7, 11) is 1.81. The topological polar surface area (TPSA) is 87.7 Å². The predicted octanol–water partition coefficient (Wildman–Crippen LogP) is 2.40. The Kier molecular flexibility index (Phi) is 6.78. The second kappa shape index (κ2) is 8.15. The zero-order valence-corrected chi connectivity index (χ0v) is 15.4. The van der Waals surface area contributed by atoms with Crippen molar-refractivity contribution in [1.29, 1.82) is 0 Å². The van der Waals surface area contributed by atoms with Crippen LogP contribution in [0.3, 0.4) is 0 Å². The minimum Gasteiger partial charge on any atom is -0.481 e. The van der Waals surface area contributed by atoms with Gasteiger partial charge >= 0.3 is 11.9 Å². The van der Waals surface area contributed by atoms with Crippen LogP contribution in [-0.2, 0) is 27.3 Å². The molecular formula is C18H28N2O4. The average molecular weight is 336 g/mol. The van der Waals surface area contributed by atoms with Crippen LogP contribution in [0.25, 0.3) is 0 Å². The zero-order chi connectivity index (χ0) is 18.5. The molecule has 0 aromatic heterocycles. The van der Waals surface area contributed by atoms with Gasteiger partial charge in [-0.1, -0.05) is 0 Å². The molecule has 1 rings (SSSR count). The Morgan fingerprint density at radius 1 is 1.21 bits per heavy atom. The summed E-state index contributed by atoms with van der Waals surface area (Å²) < 4.78 is 5.25. The van der Waals surface area contributed by atoms with Gasteiger partial charge in [0.05, 0.1) is 13.0 Å². The number of ether oxygens (including phenoxy) is 1. The Balaban J connectivity index is 2.88. The van der Waals surface area contributed by atoms with Gasteiger partial charge in [0.25, 0.3) is 0 Å². The lowest BCUT2D eigenvalue weighted by Crippen LogP contribution is -2.31. The first-order valence-electron chi connectivity index (χ1n) is 7.99. The van der Waals surface area contributed by atoms with Gasteiger partial charge in [-0.2, -0.15) is 0 Å². The monoisotopic (exact) mass is 336 g/mol. The van der Waals surface area contributed by atoms with Crippen molar-refractivity contribution in [2.24, 2.45) is 0 Å². The Hall–Kier alpha value is -2.08. The van der Waals surface area contributed by atoms with E-state index < -0.39 is 11.6 Å². The second-order valence-electron chi connectivity index (χ2n) is 6.82. The molecule has 0 bridgehead atoms. The fourth-order valence-electron chi connectivity index (χ4n) is 2.56. The molecule has 0 amide bonds. The Labute approximate surface area is 143 Å². The minimum atomic E-state index is -0.859. The molecule has 6 nitrogen and oxygen atoms in total. The number of carbonyl (C=O) groups is 2. The number of carbonyl (C=O) groups excluding carboxylic acids is 1. The Bertz CT molecular complexity index is 618. The maximum absolute atomic E-state index is 11.7. The van der Waals surface area contributed by atoms with Crippen molar-refractivity contribution in [2.45, 2.75) is 53.2 Å². The quantitative estimate of drug-likeness (QED) is 0.663. The first-order valence-corrected chi connectivity index (χ1v) is 7.99. The summed E-state index contributed by atoms with van der Waals surface area (Å²) in [5, 5.41) is 15.3. The molecule has 0 heterocycles. The van der Waals surface area contributed by atoms with Crippen molar-refractivity contribution in [1.82, 2.24) is 5.32 Å². The van der Waals surface area contributed by atoms with Crippen molar-refractivity contribution in [3.63, 3.8) is 0 Å². The number of hydrogen-bond acceptors (Lipinski definition) is 5. The zero-order valence-electron chi connectivity index (χ0n) is 15.4. The van der Waals surface area contributed by atoms with Crippen LogP contribution in [0.2, 0.25) is 0 Å². The lowest BCUT2D eigenvalue weighted by molar-refractivity contribution is -0.153. The van der Waals surface area contributed by atoms with Crippen LogP contribution in [-0.4, -0.2) is 36.2 Å². The third kappa shape index (κ3) is 5.85. The molecule has 1 aromatic carbocycles. The van der Waals surface area contributed by atoms with Crippen LogP contribution >= 0.6 is 0 Å². The molecule has 6 heteroatoms. The second-order valence-corrected chi connectivity index (χ2v) is 6.82. The maximum atomic E-state index is 11.7. The van der Waals surface area contributed by atoms with Crippen molar-refractivity contribution in [3.05, 3.63) is 28.3 Å². The van der Waals surface area contributed by atoms with Gasteiger partial charge in [0, 0.05) is 19.3 Å². The van der Waals surface area contributed by atoms with E-state index in [4.69, 9.17) is 9.84 Å². The number of hydrogen-bond donors (Lipinski definition) is 3. The average Bonchev–Trinajstić information content (AvgIpc) is 2.43. The van der Waals surface area contributed by atoms with Crippen LogP contribution in [0.15, 0.2) is 6.07 Å². The fraction of sp³-hybridized carbons (Fsp3) is 0.556. The molecule has 24 heavy (non-hydrogen) atoms. The summed E-state index contributed by atoms with van der Waals surface area (Å²) in [4.78, 5) is 22.9. The molecule has 0 atom stereocenters. The van der Waals surface area contributed by atoms with Crippen LogP contribution in [0, 0.1) is 13.8 Å². The van der Waals surface area contributed by atoms with Gasteiger partial charge < -0.3 is 20.5 Å². The molecule has 1 aromatic rings. The van der Waals surface area contributed by atoms with Crippen LogP contribution in [0.1, 0.15) is 43.0 Å². The van der Waals surface area contributed by atoms with Crippen molar-refractivity contribution >= 4 is 17.6 Å². The van der Waals surface area contributed by atoms with E-state index in [0.29, 0.717) is 6.54 Å². The van der Waals surface area contributed by atoms with E-state index in [9.17, 15) is 9.59 Å². The number of carboxylic acids is 1. The number of benzene rings is 1. The molecular weight excluding hydrogens is 308 g/mol. The third-order valence-corrected chi connectivity index (χ3v) is 3.71. The minimum absolute atomic E-state index is 0.0216. The largest absolute Gasteiger partial charge is 0.481 e. The summed E-state index contributed by atoms with van der Waals surface area (Å²) in [6, 6.07) is 1.98. The van der Waals surface area contributed by atoms with Crippen molar-refractivity contribution in [2.75, 3.05) is 18.9 Å². The molecule has 0 saturated carbocycles. The van der Waals surface area contributed by atoms with Gasteiger partial charge in [-0.05, 0) is 62.9 Å². The van der Waals surface area contributed by atoms with Crippen LogP contribution in [0.4, 0.5) is 5.69 Å².